The van der Waals surface area contributed by atoms with E-state index in [0.717, 1.165) is 0 Å². The molecule has 0 aliphatic rings. The zero-order valence-corrected chi connectivity index (χ0v) is 3.41. The summed E-state index contributed by atoms with van der Waals surface area (Å²) < 4.78 is 4.25. The van der Waals surface area contributed by atoms with Crippen molar-refractivity contribution in [1.29, 1.82) is 0 Å². The molecular formula is C2H10O3. The Balaban J connectivity index is -0.0000000200. The fraction of sp³-hybridized carbons (Fsp3) is 1.00. The molecule has 0 saturated heterocycles. The minimum atomic E-state index is 0. The largest absolute Gasteiger partial charge is 0.412 e. The Morgan fingerprint density at radius 3 is 1.00 bits per heavy atom. The number of hydrogen-bond acceptors (Lipinski definition) is 1. The maximum Gasteiger partial charge on any atom is 0.0351 e. The average Bonchev–Trinajstić information content (AvgIpc) is 0.918. The molecule has 0 bridgehead atoms. The molecule has 0 fully saturated rings. The van der Waals surface area contributed by atoms with E-state index in [9.17, 15) is 0 Å². The first-order valence-corrected chi connectivity index (χ1v) is 0.816. The summed E-state index contributed by atoms with van der Waals surface area (Å²) in [6, 6.07) is 0. The summed E-state index contributed by atoms with van der Waals surface area (Å²) >= 11 is 0. The molecule has 5 heavy (non-hydrogen) atoms. The van der Waals surface area contributed by atoms with Gasteiger partial charge in [-0.1, -0.05) is 0 Å². The molecule has 0 unspecified atom stereocenters. The fourth-order valence-electron chi connectivity index (χ4n) is 0. The van der Waals surface area contributed by atoms with Gasteiger partial charge in [-0.25, -0.2) is 0 Å². The summed E-state index contributed by atoms with van der Waals surface area (Å²) in [7, 11) is 3.25. The molecule has 0 aromatic heterocycles. The van der Waals surface area contributed by atoms with Crippen molar-refractivity contribution in [2.75, 3.05) is 14.2 Å². The Bertz CT molecular complexity index is 4.85. The smallest absolute Gasteiger partial charge is 0.0351 e. The molecule has 0 heterocycles. The summed E-state index contributed by atoms with van der Waals surface area (Å²) in [4.78, 5) is 0. The van der Waals surface area contributed by atoms with Crippen LogP contribution in [0.2, 0.25) is 0 Å². The van der Waals surface area contributed by atoms with E-state index in [2.05, 4.69) is 4.74 Å². The lowest BCUT2D eigenvalue weighted by Gasteiger charge is -1.61. The number of ether oxygens (including phenoxy) is 1. The van der Waals surface area contributed by atoms with Crippen molar-refractivity contribution < 1.29 is 15.7 Å². The minimum Gasteiger partial charge on any atom is -0.412 e. The van der Waals surface area contributed by atoms with Gasteiger partial charge in [0.25, 0.3) is 0 Å². The normalized spacial score (nSPS) is 3.60. The van der Waals surface area contributed by atoms with Gasteiger partial charge in [0.2, 0.25) is 0 Å². The first kappa shape index (κ1) is 20.8. The van der Waals surface area contributed by atoms with E-state index < -0.39 is 0 Å². The highest BCUT2D eigenvalue weighted by Crippen LogP contribution is 1.28. The van der Waals surface area contributed by atoms with Gasteiger partial charge in [-0.05, 0) is 0 Å². The van der Waals surface area contributed by atoms with Crippen LogP contribution in [0.3, 0.4) is 0 Å². The molecule has 0 aromatic carbocycles. The summed E-state index contributed by atoms with van der Waals surface area (Å²) in [6.07, 6.45) is 0. The van der Waals surface area contributed by atoms with E-state index in [4.69, 9.17) is 0 Å². The monoisotopic (exact) mass is 82.1 g/mol. The number of methoxy groups -OCH3 is 1. The summed E-state index contributed by atoms with van der Waals surface area (Å²) in [5, 5.41) is 0. The van der Waals surface area contributed by atoms with Crippen LogP contribution in [0.15, 0.2) is 0 Å². The van der Waals surface area contributed by atoms with E-state index >= 15 is 0 Å². The van der Waals surface area contributed by atoms with Crippen molar-refractivity contribution in [3.05, 3.63) is 0 Å². The Labute approximate surface area is 31.2 Å². The zero-order valence-electron chi connectivity index (χ0n) is 3.41. The van der Waals surface area contributed by atoms with Crippen LogP contribution < -0.4 is 0 Å². The lowest BCUT2D eigenvalue weighted by molar-refractivity contribution is 0.277. The Morgan fingerprint density at radius 2 is 1.00 bits per heavy atom. The van der Waals surface area contributed by atoms with Gasteiger partial charge in [-0.15, -0.1) is 0 Å². The van der Waals surface area contributed by atoms with Crippen LogP contribution in [0.1, 0.15) is 0 Å². The zero-order chi connectivity index (χ0) is 2.71. The second kappa shape index (κ2) is 41.6. The predicted molar refractivity (Wildman–Crippen MR) is 20.2 cm³/mol. The molecule has 0 amide bonds. The van der Waals surface area contributed by atoms with Crippen LogP contribution >= 0.6 is 0 Å². The number of rotatable bonds is 0. The van der Waals surface area contributed by atoms with Crippen LogP contribution in [0, 0.1) is 0 Å². The van der Waals surface area contributed by atoms with Gasteiger partial charge in [0.15, 0.2) is 0 Å². The molecule has 36 valence electrons. The first-order valence-electron chi connectivity index (χ1n) is 0.816. The summed E-state index contributed by atoms with van der Waals surface area (Å²) in [5.74, 6) is 0. The van der Waals surface area contributed by atoms with Crippen LogP contribution in [-0.2, 0) is 4.74 Å². The summed E-state index contributed by atoms with van der Waals surface area (Å²) in [6.45, 7) is 0. The molecule has 0 radical (unpaired) electrons. The highest BCUT2D eigenvalue weighted by Gasteiger charge is 1.25. The first-order chi connectivity index (χ1) is 1.41. The Morgan fingerprint density at radius 1 is 1.00 bits per heavy atom. The van der Waals surface area contributed by atoms with Crippen molar-refractivity contribution in [1.82, 2.24) is 0 Å². The Kier molecular flexibility index (Phi) is 173. The summed E-state index contributed by atoms with van der Waals surface area (Å²) in [5.41, 5.74) is 0. The molecule has 3 nitrogen and oxygen atoms in total. The fourth-order valence-corrected chi connectivity index (χ4v) is 0. The molecular weight excluding hydrogens is 72.0 g/mol. The average molecular weight is 82.1 g/mol. The maximum atomic E-state index is 4.25. The maximum absolute atomic E-state index is 4.25. The number of hydrogen-bond donors (Lipinski definition) is 0. The third-order valence-corrected chi connectivity index (χ3v) is 0. The van der Waals surface area contributed by atoms with Crippen LogP contribution in [0.5, 0.6) is 0 Å². The molecule has 0 spiro atoms. The van der Waals surface area contributed by atoms with Crippen LogP contribution in [0.25, 0.3) is 0 Å². The topological polar surface area (TPSA) is 72.2 Å². The van der Waals surface area contributed by atoms with E-state index in [1.54, 1.807) is 14.2 Å². The van der Waals surface area contributed by atoms with Crippen molar-refractivity contribution in [2.24, 2.45) is 0 Å². The van der Waals surface area contributed by atoms with Gasteiger partial charge in [-0.3, -0.25) is 0 Å². The molecule has 0 saturated carbocycles. The molecule has 0 aromatic rings. The van der Waals surface area contributed by atoms with E-state index in [0.29, 0.717) is 0 Å². The van der Waals surface area contributed by atoms with Gasteiger partial charge in [-0.2, -0.15) is 0 Å². The lowest BCUT2D eigenvalue weighted by Crippen LogP contribution is -1.55. The van der Waals surface area contributed by atoms with E-state index in [1.165, 1.54) is 0 Å². The molecule has 0 aliphatic heterocycles. The quantitative estimate of drug-likeness (QED) is 0.354. The standard InChI is InChI=1S/C2H6O.2H2O/c1-3-2;;/h1-2H3;2*1H2. The molecule has 0 rings (SSSR count). The SMILES string of the molecule is COC.O.O. The highest BCUT2D eigenvalue weighted by molar-refractivity contribution is 3.56. The minimum absolute atomic E-state index is 0. The molecule has 0 aliphatic carbocycles. The predicted octanol–water partition coefficient (Wildman–Crippen LogP) is -1.39. The highest BCUT2D eigenvalue weighted by atomic mass is 16.4. The van der Waals surface area contributed by atoms with Crippen molar-refractivity contribution in [3.8, 4) is 0 Å². The van der Waals surface area contributed by atoms with Gasteiger partial charge in [0, 0.05) is 14.2 Å². The second-order valence-corrected chi connectivity index (χ2v) is 0.408. The van der Waals surface area contributed by atoms with Crippen LogP contribution in [-0.4, -0.2) is 25.2 Å². The van der Waals surface area contributed by atoms with Gasteiger partial charge >= 0.3 is 0 Å². The third-order valence-electron chi connectivity index (χ3n) is 0. The van der Waals surface area contributed by atoms with E-state index in [1.807, 2.05) is 0 Å². The van der Waals surface area contributed by atoms with Crippen molar-refractivity contribution in [3.63, 3.8) is 0 Å². The molecule has 4 N–H and O–H groups in total. The van der Waals surface area contributed by atoms with Gasteiger partial charge in [0.05, 0.1) is 0 Å². The van der Waals surface area contributed by atoms with Crippen molar-refractivity contribution in [2.45, 2.75) is 0 Å². The van der Waals surface area contributed by atoms with Crippen LogP contribution in [0.4, 0.5) is 0 Å². The lowest BCUT2D eigenvalue weighted by atomic mass is 11.6. The Hall–Kier alpha value is -0.120. The molecule has 0 atom stereocenters. The van der Waals surface area contributed by atoms with Gasteiger partial charge in [0.1, 0.15) is 0 Å². The molecule has 3 heteroatoms. The van der Waals surface area contributed by atoms with Crippen molar-refractivity contribution >= 4 is 0 Å². The van der Waals surface area contributed by atoms with Gasteiger partial charge < -0.3 is 15.7 Å². The third kappa shape index (κ3) is 952. The second-order valence-electron chi connectivity index (χ2n) is 0.408. The van der Waals surface area contributed by atoms with E-state index in [-0.39, 0.29) is 11.0 Å².